The van der Waals surface area contributed by atoms with Gasteiger partial charge in [-0.3, -0.25) is 9.59 Å². The second-order valence-electron chi connectivity index (χ2n) is 11.1. The van der Waals surface area contributed by atoms with E-state index in [9.17, 15) is 39.6 Å². The lowest BCUT2D eigenvalue weighted by Gasteiger charge is -2.40. The van der Waals surface area contributed by atoms with E-state index >= 15 is 0 Å². The van der Waals surface area contributed by atoms with E-state index in [1.807, 2.05) is 0 Å². The SMILES string of the molecule is COc1cc2cc(Oc3ccc4ccc(=O)oc4c3)c(=O)oc2cc1O[C@@H]1O[C@H](COC(=O)C[C@](C)(O)CC(=O)O)[C@H](O)[C@H](O)[C@@H]1O. The van der Waals surface area contributed by atoms with Gasteiger partial charge in [-0.25, -0.2) is 9.59 Å². The average Bonchev–Trinajstić information content (AvgIpc) is 2.99. The smallest absolute Gasteiger partial charge is 0.379 e. The highest BCUT2D eigenvalue weighted by Crippen LogP contribution is 2.36. The van der Waals surface area contributed by atoms with E-state index in [0.717, 1.165) is 6.92 Å². The van der Waals surface area contributed by atoms with Crippen LogP contribution in [0, 0.1) is 0 Å². The molecule has 0 spiro atoms. The van der Waals surface area contributed by atoms with Crippen LogP contribution in [-0.2, 0) is 19.1 Å². The summed E-state index contributed by atoms with van der Waals surface area (Å²) in [5.74, 6) is -2.37. The van der Waals surface area contributed by atoms with E-state index in [0.29, 0.717) is 10.8 Å². The van der Waals surface area contributed by atoms with Gasteiger partial charge < -0.3 is 58.1 Å². The molecule has 0 amide bonds. The number of methoxy groups -OCH3 is 1. The largest absolute Gasteiger partial charge is 0.493 e. The van der Waals surface area contributed by atoms with Crippen LogP contribution in [0.1, 0.15) is 19.8 Å². The maximum absolute atomic E-state index is 12.8. The fourth-order valence-electron chi connectivity index (χ4n) is 4.86. The van der Waals surface area contributed by atoms with Crippen LogP contribution in [0.2, 0.25) is 0 Å². The third-order valence-corrected chi connectivity index (χ3v) is 7.19. The van der Waals surface area contributed by atoms with Gasteiger partial charge in [0, 0.05) is 29.0 Å². The van der Waals surface area contributed by atoms with Crippen molar-refractivity contribution in [3.8, 4) is 23.0 Å². The zero-order chi connectivity index (χ0) is 34.0. The Hall–Kier alpha value is -5.00. The summed E-state index contributed by atoms with van der Waals surface area (Å²) in [6.07, 6.45) is -9.83. The molecule has 5 rings (SSSR count). The molecule has 250 valence electrons. The first-order valence-corrected chi connectivity index (χ1v) is 14.1. The van der Waals surface area contributed by atoms with Crippen molar-refractivity contribution in [2.24, 2.45) is 0 Å². The van der Waals surface area contributed by atoms with Gasteiger partial charge in [0.15, 0.2) is 11.5 Å². The maximum atomic E-state index is 12.8. The van der Waals surface area contributed by atoms with Gasteiger partial charge in [0.05, 0.1) is 25.6 Å². The van der Waals surface area contributed by atoms with Crippen molar-refractivity contribution >= 4 is 33.9 Å². The van der Waals surface area contributed by atoms with Crippen LogP contribution in [0.15, 0.2) is 67.0 Å². The van der Waals surface area contributed by atoms with Crippen molar-refractivity contribution in [3.63, 3.8) is 0 Å². The van der Waals surface area contributed by atoms with Gasteiger partial charge in [-0.15, -0.1) is 0 Å². The summed E-state index contributed by atoms with van der Waals surface area (Å²) >= 11 is 0. The number of rotatable bonds is 11. The number of fused-ring (bicyclic) bond motifs is 2. The highest BCUT2D eigenvalue weighted by molar-refractivity contribution is 5.82. The molecule has 4 aromatic rings. The van der Waals surface area contributed by atoms with Crippen LogP contribution in [0.5, 0.6) is 23.0 Å². The van der Waals surface area contributed by atoms with Gasteiger partial charge in [-0.2, -0.15) is 0 Å². The van der Waals surface area contributed by atoms with Crippen molar-refractivity contribution < 1.29 is 67.6 Å². The van der Waals surface area contributed by atoms with Crippen LogP contribution in [0.4, 0.5) is 0 Å². The van der Waals surface area contributed by atoms with Gasteiger partial charge in [-0.05, 0) is 37.3 Å². The van der Waals surface area contributed by atoms with Crippen molar-refractivity contribution in [3.05, 3.63) is 69.4 Å². The van der Waals surface area contributed by atoms with E-state index < -0.39 is 78.9 Å². The van der Waals surface area contributed by atoms with Crippen molar-refractivity contribution in [2.45, 2.75) is 56.1 Å². The topological polar surface area (TPSA) is 242 Å². The number of aliphatic hydroxyl groups excluding tert-OH is 3. The molecule has 0 bridgehead atoms. The number of hydrogen-bond donors (Lipinski definition) is 5. The summed E-state index contributed by atoms with van der Waals surface area (Å²) in [6, 6.07) is 11.6. The Bertz CT molecular complexity index is 1910. The lowest BCUT2D eigenvalue weighted by molar-refractivity contribution is -0.278. The first kappa shape index (κ1) is 33.4. The van der Waals surface area contributed by atoms with Gasteiger partial charge >= 0.3 is 23.2 Å². The molecule has 47 heavy (non-hydrogen) atoms. The quantitative estimate of drug-likeness (QED) is 0.112. The molecular weight excluding hydrogens is 628 g/mol. The molecule has 0 unspecified atom stereocenters. The number of carbonyl (C=O) groups is 2. The Kier molecular flexibility index (Phi) is 9.50. The predicted octanol–water partition coefficient (Wildman–Crippen LogP) is 1.05. The minimum Gasteiger partial charge on any atom is -0.493 e. The Labute approximate surface area is 263 Å². The first-order valence-electron chi connectivity index (χ1n) is 14.1. The van der Waals surface area contributed by atoms with E-state index in [4.69, 9.17) is 37.6 Å². The number of hydrogen-bond acceptors (Lipinski definition) is 15. The van der Waals surface area contributed by atoms with E-state index in [2.05, 4.69) is 0 Å². The number of ether oxygens (including phenoxy) is 5. The van der Waals surface area contributed by atoms with Gasteiger partial charge in [0.2, 0.25) is 12.0 Å². The predicted molar refractivity (Wildman–Crippen MR) is 157 cm³/mol. The summed E-state index contributed by atoms with van der Waals surface area (Å²) in [6.45, 7) is 0.487. The monoisotopic (exact) mass is 658 g/mol. The molecule has 5 N–H and O–H groups in total. The minimum atomic E-state index is -1.90. The molecule has 2 aromatic heterocycles. The van der Waals surface area contributed by atoms with Gasteiger partial charge in [0.25, 0.3) is 0 Å². The second kappa shape index (κ2) is 13.4. The van der Waals surface area contributed by atoms with Gasteiger partial charge in [0.1, 0.15) is 47.9 Å². The van der Waals surface area contributed by atoms with Gasteiger partial charge in [-0.1, -0.05) is 0 Å². The minimum absolute atomic E-state index is 0.00688. The summed E-state index contributed by atoms with van der Waals surface area (Å²) in [5, 5.41) is 51.3. The number of carbonyl (C=O) groups excluding carboxylic acids is 1. The molecule has 16 nitrogen and oxygen atoms in total. The molecule has 1 saturated heterocycles. The molecular formula is C31H30O16. The average molecular weight is 659 g/mol. The van der Waals surface area contributed by atoms with Crippen molar-refractivity contribution in [1.82, 2.24) is 0 Å². The summed E-state index contributed by atoms with van der Waals surface area (Å²) < 4.78 is 38.0. The van der Waals surface area contributed by atoms with E-state index in [1.165, 1.54) is 37.4 Å². The first-order chi connectivity index (χ1) is 22.2. The molecule has 0 aliphatic carbocycles. The van der Waals surface area contributed by atoms with Crippen LogP contribution >= 0.6 is 0 Å². The third kappa shape index (κ3) is 7.70. The Morgan fingerprint density at radius 1 is 0.851 bits per heavy atom. The molecule has 1 aliphatic heterocycles. The fourth-order valence-corrected chi connectivity index (χ4v) is 4.86. The molecule has 1 aliphatic rings. The zero-order valence-electron chi connectivity index (χ0n) is 24.9. The molecule has 1 fully saturated rings. The number of carboxylic acids is 1. The number of benzene rings is 2. The number of carboxylic acid groups (broad SMARTS) is 1. The van der Waals surface area contributed by atoms with Crippen molar-refractivity contribution in [2.75, 3.05) is 13.7 Å². The molecule has 0 radical (unpaired) electrons. The number of esters is 1. The van der Waals surface area contributed by atoms with Crippen LogP contribution in [-0.4, -0.2) is 87.5 Å². The van der Waals surface area contributed by atoms with E-state index in [1.54, 1.807) is 18.2 Å². The molecule has 2 aromatic carbocycles. The molecule has 16 heteroatoms. The molecule has 6 atom stereocenters. The summed E-state index contributed by atoms with van der Waals surface area (Å²) in [4.78, 5) is 47.5. The second-order valence-corrected chi connectivity index (χ2v) is 11.1. The molecule has 3 heterocycles. The van der Waals surface area contributed by atoms with Crippen LogP contribution in [0.3, 0.4) is 0 Å². The zero-order valence-corrected chi connectivity index (χ0v) is 24.9. The number of aliphatic hydroxyl groups is 4. The maximum Gasteiger partial charge on any atom is 0.379 e. The highest BCUT2D eigenvalue weighted by atomic mass is 16.7. The Balaban J connectivity index is 1.33. The number of aliphatic carboxylic acids is 1. The van der Waals surface area contributed by atoms with Crippen LogP contribution < -0.4 is 25.5 Å². The Morgan fingerprint density at radius 2 is 1.55 bits per heavy atom. The lowest BCUT2D eigenvalue weighted by atomic mass is 9.98. The Morgan fingerprint density at radius 3 is 2.28 bits per heavy atom. The third-order valence-electron chi connectivity index (χ3n) is 7.19. The van der Waals surface area contributed by atoms with Crippen molar-refractivity contribution in [1.29, 1.82) is 0 Å². The van der Waals surface area contributed by atoms with E-state index in [-0.39, 0.29) is 34.2 Å². The summed E-state index contributed by atoms with van der Waals surface area (Å²) in [7, 11) is 1.31. The standard InChI is InChI=1S/C31H30O16/c1-31(40,11-23(32)33)12-25(35)42-13-22-26(36)27(37)28(38)30(47-22)46-20-10-18-15(7-19(20)41-2)8-21(29(39)45-18)43-16-5-3-14-4-6-24(34)44-17(14)9-16/h3-10,22,26-28,30,36-38,40H,11-13H2,1-2H3,(H,32,33)/t22-,26+,27+,28+,30-,31-/m1/s1. The normalized spacial score (nSPS) is 22.4. The lowest BCUT2D eigenvalue weighted by Crippen LogP contribution is -2.60. The highest BCUT2D eigenvalue weighted by Gasteiger charge is 2.46. The van der Waals surface area contributed by atoms with Crippen LogP contribution in [0.25, 0.3) is 21.9 Å². The molecule has 0 saturated carbocycles. The fraction of sp³-hybridized carbons (Fsp3) is 0.355. The summed E-state index contributed by atoms with van der Waals surface area (Å²) in [5.41, 5.74) is -3.08.